The number of benzene rings is 1. The van der Waals surface area contributed by atoms with E-state index in [1.165, 1.54) is 0 Å². The number of hydrogen-bond donors (Lipinski definition) is 1. The fourth-order valence-electron chi connectivity index (χ4n) is 5.10. The zero-order valence-electron chi connectivity index (χ0n) is 17.8. The number of rotatable bonds is 4. The first-order valence-corrected chi connectivity index (χ1v) is 10.3. The molecule has 1 N–H and O–H groups in total. The van der Waals surface area contributed by atoms with Gasteiger partial charge in [-0.15, -0.1) is 0 Å². The first kappa shape index (κ1) is 19.5. The van der Waals surface area contributed by atoms with Gasteiger partial charge in [-0.2, -0.15) is 0 Å². The molecule has 5 rings (SSSR count). The number of aromatic nitrogens is 2. The summed E-state index contributed by atoms with van der Waals surface area (Å²) in [6.07, 6.45) is 1.00. The molecule has 2 aliphatic rings. The minimum absolute atomic E-state index is 0.0394. The highest BCUT2D eigenvalue weighted by Gasteiger charge is 2.37. The molecule has 0 aliphatic carbocycles. The van der Waals surface area contributed by atoms with Crippen molar-refractivity contribution in [1.29, 1.82) is 0 Å². The molecular weight excluding hydrogens is 398 g/mol. The van der Waals surface area contributed by atoms with Crippen LogP contribution < -0.4 is 19.8 Å². The van der Waals surface area contributed by atoms with Crippen LogP contribution in [0.5, 0.6) is 17.2 Å². The maximum Gasteiger partial charge on any atom is 0.270 e. The Morgan fingerprint density at radius 2 is 1.84 bits per heavy atom. The van der Waals surface area contributed by atoms with Crippen molar-refractivity contribution < 1.29 is 19.0 Å². The maximum absolute atomic E-state index is 13.4. The Morgan fingerprint density at radius 3 is 2.58 bits per heavy atom. The molecule has 0 unspecified atom stereocenters. The number of hydrogen-bond acceptors (Lipinski definition) is 5. The topological polar surface area (TPSA) is 85.8 Å². The summed E-state index contributed by atoms with van der Waals surface area (Å²) in [7, 11) is 4.69. The standard InChI is InChI=1S/C23H25N3O5/c1-29-19-9-16-15(21(30-2)22(19)31-3)8-17(24-16)23(28)25-10-13-7-14(12-25)18-5-4-6-20(27)26(18)11-13/h4-6,8-9,13-14,24H,7,10-12H2,1-3H3/t13-,14-/m0/s1. The molecular formula is C23H25N3O5. The van der Waals surface area contributed by atoms with Crippen molar-refractivity contribution in [2.45, 2.75) is 18.9 Å². The molecule has 31 heavy (non-hydrogen) atoms. The highest BCUT2D eigenvalue weighted by atomic mass is 16.5. The van der Waals surface area contributed by atoms with Gasteiger partial charge in [0.05, 0.1) is 26.8 Å². The van der Waals surface area contributed by atoms with Crippen LogP contribution in [0.25, 0.3) is 10.9 Å². The van der Waals surface area contributed by atoms with Gasteiger partial charge in [-0.1, -0.05) is 6.07 Å². The van der Waals surface area contributed by atoms with Gasteiger partial charge in [-0.25, -0.2) is 0 Å². The molecule has 3 aromatic rings. The van der Waals surface area contributed by atoms with E-state index in [-0.39, 0.29) is 23.3 Å². The first-order chi connectivity index (χ1) is 15.0. The van der Waals surface area contributed by atoms with Crippen LogP contribution in [-0.2, 0) is 6.54 Å². The molecule has 2 aliphatic heterocycles. The number of methoxy groups -OCH3 is 3. The third-order valence-corrected chi connectivity index (χ3v) is 6.42. The second-order valence-corrected chi connectivity index (χ2v) is 8.20. The van der Waals surface area contributed by atoms with Crippen molar-refractivity contribution in [2.24, 2.45) is 5.92 Å². The SMILES string of the molecule is COc1cc2[nH]c(C(=O)N3C[C@@H]4C[C@@H](C3)c3cccc(=O)n3C4)cc2c(OC)c1OC. The number of ether oxygens (including phenoxy) is 3. The Hall–Kier alpha value is -3.42. The number of likely N-dealkylation sites (tertiary alicyclic amines) is 1. The average Bonchev–Trinajstić information content (AvgIpc) is 3.21. The van der Waals surface area contributed by atoms with Crippen molar-refractivity contribution in [3.8, 4) is 17.2 Å². The van der Waals surface area contributed by atoms with E-state index in [2.05, 4.69) is 4.98 Å². The molecule has 0 spiro atoms. The summed E-state index contributed by atoms with van der Waals surface area (Å²) < 4.78 is 18.3. The average molecular weight is 423 g/mol. The van der Waals surface area contributed by atoms with Gasteiger partial charge < -0.3 is 28.7 Å². The molecule has 1 aromatic carbocycles. The van der Waals surface area contributed by atoms with Gasteiger partial charge in [-0.05, 0) is 24.5 Å². The van der Waals surface area contributed by atoms with E-state index in [1.807, 2.05) is 15.5 Å². The molecule has 8 nitrogen and oxygen atoms in total. The highest BCUT2D eigenvalue weighted by molar-refractivity contribution is 6.01. The van der Waals surface area contributed by atoms with E-state index in [9.17, 15) is 9.59 Å². The predicted molar refractivity (Wildman–Crippen MR) is 115 cm³/mol. The lowest BCUT2D eigenvalue weighted by molar-refractivity contribution is 0.0589. The van der Waals surface area contributed by atoms with E-state index in [1.54, 1.807) is 45.6 Å². The summed E-state index contributed by atoms with van der Waals surface area (Å²) in [5.74, 6) is 1.93. The lowest BCUT2D eigenvalue weighted by atomic mass is 9.83. The second-order valence-electron chi connectivity index (χ2n) is 8.20. The van der Waals surface area contributed by atoms with E-state index in [4.69, 9.17) is 14.2 Å². The van der Waals surface area contributed by atoms with Crippen molar-refractivity contribution >= 4 is 16.8 Å². The monoisotopic (exact) mass is 423 g/mol. The molecule has 4 heterocycles. The number of carbonyl (C=O) groups excluding carboxylic acids is 1. The summed E-state index contributed by atoms with van der Waals surface area (Å²) in [6, 6.07) is 9.03. The molecule has 1 amide bonds. The number of aromatic amines is 1. The molecule has 162 valence electrons. The molecule has 2 atom stereocenters. The van der Waals surface area contributed by atoms with Crippen LogP contribution in [0, 0.1) is 5.92 Å². The quantitative estimate of drug-likeness (QED) is 0.697. The number of nitrogens with one attached hydrogen (secondary N) is 1. The highest BCUT2D eigenvalue weighted by Crippen LogP contribution is 2.44. The maximum atomic E-state index is 13.4. The number of H-pyrrole nitrogens is 1. The summed E-state index contributed by atoms with van der Waals surface area (Å²) in [6.45, 7) is 1.89. The summed E-state index contributed by atoms with van der Waals surface area (Å²) in [4.78, 5) is 30.8. The third kappa shape index (κ3) is 3.05. The smallest absolute Gasteiger partial charge is 0.270 e. The Bertz CT molecular complexity index is 1230. The van der Waals surface area contributed by atoms with Gasteiger partial charge in [0.25, 0.3) is 11.5 Å². The minimum Gasteiger partial charge on any atom is -0.493 e. The van der Waals surface area contributed by atoms with E-state index in [0.717, 1.165) is 23.0 Å². The van der Waals surface area contributed by atoms with E-state index in [0.29, 0.717) is 42.6 Å². The molecule has 2 bridgehead atoms. The zero-order chi connectivity index (χ0) is 21.7. The Morgan fingerprint density at radius 1 is 1.03 bits per heavy atom. The van der Waals surface area contributed by atoms with Crippen molar-refractivity contribution in [1.82, 2.24) is 14.5 Å². The number of pyridine rings is 1. The Kier molecular flexibility index (Phi) is 4.64. The minimum atomic E-state index is -0.0578. The number of piperidine rings is 1. The second kappa shape index (κ2) is 7.37. The number of carbonyl (C=O) groups is 1. The number of fused-ring (bicyclic) bond motifs is 5. The lowest BCUT2D eigenvalue weighted by Gasteiger charge is -2.42. The summed E-state index contributed by atoms with van der Waals surface area (Å²) in [5.41, 5.74) is 2.30. The molecule has 8 heteroatoms. The van der Waals surface area contributed by atoms with Crippen LogP contribution in [0.3, 0.4) is 0 Å². The van der Waals surface area contributed by atoms with Gasteiger partial charge in [0.2, 0.25) is 5.75 Å². The molecule has 1 fully saturated rings. The molecule has 0 saturated carbocycles. The Balaban J connectivity index is 1.49. The Labute approximate surface area is 179 Å². The zero-order valence-corrected chi connectivity index (χ0v) is 17.8. The molecule has 0 radical (unpaired) electrons. The van der Waals surface area contributed by atoms with Crippen LogP contribution in [0.1, 0.15) is 28.5 Å². The van der Waals surface area contributed by atoms with Crippen LogP contribution in [-0.4, -0.2) is 54.8 Å². The summed E-state index contributed by atoms with van der Waals surface area (Å²) >= 11 is 0. The van der Waals surface area contributed by atoms with Gasteiger partial charge in [0, 0.05) is 48.8 Å². The summed E-state index contributed by atoms with van der Waals surface area (Å²) in [5, 5.41) is 0.762. The largest absolute Gasteiger partial charge is 0.493 e. The van der Waals surface area contributed by atoms with Crippen LogP contribution in [0.15, 0.2) is 35.1 Å². The lowest BCUT2D eigenvalue weighted by Crippen LogP contribution is -2.49. The fourth-order valence-corrected chi connectivity index (χ4v) is 5.10. The van der Waals surface area contributed by atoms with E-state index < -0.39 is 0 Å². The van der Waals surface area contributed by atoms with Gasteiger partial charge >= 0.3 is 0 Å². The van der Waals surface area contributed by atoms with Gasteiger partial charge in [-0.3, -0.25) is 9.59 Å². The van der Waals surface area contributed by atoms with Crippen LogP contribution in [0.2, 0.25) is 0 Å². The predicted octanol–water partition coefficient (Wildman–Crippen LogP) is 2.61. The normalized spacial score (nSPS) is 19.8. The van der Waals surface area contributed by atoms with Crippen LogP contribution >= 0.6 is 0 Å². The van der Waals surface area contributed by atoms with Crippen molar-refractivity contribution in [3.63, 3.8) is 0 Å². The third-order valence-electron chi connectivity index (χ3n) is 6.42. The first-order valence-electron chi connectivity index (χ1n) is 10.3. The molecule has 2 aromatic heterocycles. The van der Waals surface area contributed by atoms with Crippen LogP contribution in [0.4, 0.5) is 0 Å². The number of nitrogens with zero attached hydrogens (tertiary/aromatic N) is 2. The fraction of sp³-hybridized carbons (Fsp3) is 0.391. The molecule has 1 saturated heterocycles. The van der Waals surface area contributed by atoms with Crippen molar-refractivity contribution in [2.75, 3.05) is 34.4 Å². The van der Waals surface area contributed by atoms with E-state index >= 15 is 0 Å². The number of amides is 1. The van der Waals surface area contributed by atoms with Gasteiger partial charge in [0.15, 0.2) is 11.5 Å². The van der Waals surface area contributed by atoms with Gasteiger partial charge in [0.1, 0.15) is 5.69 Å². The van der Waals surface area contributed by atoms with Crippen molar-refractivity contribution in [3.05, 3.63) is 52.1 Å².